The second-order valence-electron chi connectivity index (χ2n) is 5.60. The molecule has 21 heavy (non-hydrogen) atoms. The quantitative estimate of drug-likeness (QED) is 0.622. The van der Waals surface area contributed by atoms with Gasteiger partial charge >= 0.3 is 5.97 Å². The third-order valence-corrected chi connectivity index (χ3v) is 3.16. The van der Waals surface area contributed by atoms with Crippen molar-refractivity contribution in [2.75, 3.05) is 12.3 Å². The first-order chi connectivity index (χ1) is 9.81. The smallest absolute Gasteiger partial charge is 0.339 e. The van der Waals surface area contributed by atoms with Gasteiger partial charge < -0.3 is 15.8 Å². The fourth-order valence-electron chi connectivity index (χ4n) is 1.76. The molecule has 0 aliphatic heterocycles. The number of rotatable bonds is 6. The largest absolute Gasteiger partial charge is 0.449 e. The Balaban J connectivity index is 2.57. The third kappa shape index (κ3) is 5.45. The second kappa shape index (κ2) is 7.67. The predicted molar refractivity (Wildman–Crippen MR) is 82.9 cm³/mol. The van der Waals surface area contributed by atoms with Crippen LogP contribution in [0.4, 0.5) is 5.69 Å². The van der Waals surface area contributed by atoms with E-state index in [0.29, 0.717) is 23.7 Å². The van der Waals surface area contributed by atoms with Gasteiger partial charge in [0.2, 0.25) is 0 Å². The van der Waals surface area contributed by atoms with Gasteiger partial charge in [0.05, 0.1) is 5.56 Å². The molecule has 1 rings (SSSR count). The summed E-state index contributed by atoms with van der Waals surface area (Å²) in [6, 6.07) is 5.02. The highest BCUT2D eigenvalue weighted by Gasteiger charge is 2.19. The molecule has 0 radical (unpaired) electrons. The van der Waals surface area contributed by atoms with E-state index in [1.807, 2.05) is 0 Å². The minimum absolute atomic E-state index is 0.287. The normalized spacial score (nSPS) is 12.0. The van der Waals surface area contributed by atoms with Crippen molar-refractivity contribution < 1.29 is 14.3 Å². The lowest BCUT2D eigenvalue weighted by Crippen LogP contribution is -2.36. The van der Waals surface area contributed by atoms with Crippen LogP contribution < -0.4 is 11.1 Å². The van der Waals surface area contributed by atoms with Crippen LogP contribution in [0.2, 0.25) is 0 Å². The Hall–Kier alpha value is -2.04. The number of carbonyl (C=O) groups excluding carboxylic acids is 2. The van der Waals surface area contributed by atoms with E-state index in [2.05, 4.69) is 19.2 Å². The van der Waals surface area contributed by atoms with E-state index in [4.69, 9.17) is 10.5 Å². The molecule has 1 amide bonds. The van der Waals surface area contributed by atoms with E-state index in [1.165, 1.54) is 0 Å². The molecule has 0 heterocycles. The molecule has 1 aromatic carbocycles. The standard InChI is InChI=1S/C16H24N2O3/c1-10(2)7-8-18-15(19)12(4)21-16(20)14-9-13(17)6-5-11(14)3/h5-6,9-10,12H,7-8,17H2,1-4H3,(H,18,19). The number of nitrogens with one attached hydrogen (secondary N) is 1. The number of anilines is 1. The minimum Gasteiger partial charge on any atom is -0.449 e. The van der Waals surface area contributed by atoms with Crippen LogP contribution in [0, 0.1) is 12.8 Å². The SMILES string of the molecule is Cc1ccc(N)cc1C(=O)OC(C)C(=O)NCCC(C)C. The summed E-state index contributed by atoms with van der Waals surface area (Å²) < 4.78 is 5.19. The summed E-state index contributed by atoms with van der Waals surface area (Å²) in [6.45, 7) is 8.10. The number of carbonyl (C=O) groups is 2. The van der Waals surface area contributed by atoms with Crippen molar-refractivity contribution >= 4 is 17.6 Å². The lowest BCUT2D eigenvalue weighted by atomic mass is 10.1. The number of ether oxygens (including phenoxy) is 1. The average molecular weight is 292 g/mol. The molecule has 1 aromatic rings. The number of esters is 1. The lowest BCUT2D eigenvalue weighted by molar-refractivity contribution is -0.129. The number of amides is 1. The van der Waals surface area contributed by atoms with Crippen molar-refractivity contribution in [3.63, 3.8) is 0 Å². The zero-order chi connectivity index (χ0) is 16.0. The third-order valence-electron chi connectivity index (χ3n) is 3.16. The minimum atomic E-state index is -0.828. The number of nitrogens with two attached hydrogens (primary N) is 1. The maximum Gasteiger partial charge on any atom is 0.339 e. The maximum atomic E-state index is 12.1. The summed E-state index contributed by atoms with van der Waals surface area (Å²) in [5, 5.41) is 2.76. The van der Waals surface area contributed by atoms with Crippen LogP contribution >= 0.6 is 0 Å². The van der Waals surface area contributed by atoms with Crippen LogP contribution in [-0.2, 0) is 9.53 Å². The number of hydrogen-bond donors (Lipinski definition) is 2. The predicted octanol–water partition coefficient (Wildman–Crippen LogP) is 2.28. The van der Waals surface area contributed by atoms with Gasteiger partial charge in [-0.1, -0.05) is 19.9 Å². The van der Waals surface area contributed by atoms with Gasteiger partial charge in [-0.25, -0.2) is 4.79 Å². The van der Waals surface area contributed by atoms with E-state index in [9.17, 15) is 9.59 Å². The van der Waals surface area contributed by atoms with Crippen LogP contribution in [0.5, 0.6) is 0 Å². The Morgan fingerprint density at radius 3 is 2.57 bits per heavy atom. The van der Waals surface area contributed by atoms with Crippen molar-refractivity contribution in [3.05, 3.63) is 29.3 Å². The number of hydrogen-bond acceptors (Lipinski definition) is 4. The van der Waals surface area contributed by atoms with Gasteiger partial charge in [-0.3, -0.25) is 4.79 Å². The van der Waals surface area contributed by atoms with Crippen LogP contribution in [0.25, 0.3) is 0 Å². The molecule has 0 aliphatic carbocycles. The van der Waals surface area contributed by atoms with Crippen LogP contribution in [0.3, 0.4) is 0 Å². The highest BCUT2D eigenvalue weighted by Crippen LogP contribution is 2.14. The van der Waals surface area contributed by atoms with E-state index >= 15 is 0 Å². The Bertz CT molecular complexity index is 512. The fourth-order valence-corrected chi connectivity index (χ4v) is 1.76. The van der Waals surface area contributed by atoms with Gasteiger partial charge in [0, 0.05) is 12.2 Å². The molecule has 5 heteroatoms. The molecule has 0 fully saturated rings. The van der Waals surface area contributed by atoms with E-state index in [0.717, 1.165) is 12.0 Å². The summed E-state index contributed by atoms with van der Waals surface area (Å²) in [7, 11) is 0. The Morgan fingerprint density at radius 1 is 1.29 bits per heavy atom. The van der Waals surface area contributed by atoms with Crippen LogP contribution in [-0.4, -0.2) is 24.5 Å². The van der Waals surface area contributed by atoms with Gasteiger partial charge in [0.1, 0.15) is 0 Å². The molecule has 0 aromatic heterocycles. The number of aryl methyl sites for hydroxylation is 1. The highest BCUT2D eigenvalue weighted by molar-refractivity contribution is 5.94. The summed E-state index contributed by atoms with van der Waals surface area (Å²) >= 11 is 0. The first kappa shape index (κ1) is 17.0. The maximum absolute atomic E-state index is 12.1. The Labute approximate surface area is 125 Å². The monoisotopic (exact) mass is 292 g/mol. The first-order valence-corrected chi connectivity index (χ1v) is 7.16. The van der Waals surface area contributed by atoms with Crippen molar-refractivity contribution in [1.29, 1.82) is 0 Å². The summed E-state index contributed by atoms with van der Waals surface area (Å²) in [6.07, 6.45) is 0.0614. The molecule has 0 aliphatic rings. The summed E-state index contributed by atoms with van der Waals surface area (Å²) in [5.74, 6) is -0.310. The van der Waals surface area contributed by atoms with Gasteiger partial charge in [-0.05, 0) is 43.9 Å². The van der Waals surface area contributed by atoms with Crippen molar-refractivity contribution in [1.82, 2.24) is 5.32 Å². The van der Waals surface area contributed by atoms with Crippen molar-refractivity contribution in [2.45, 2.75) is 40.2 Å². The zero-order valence-corrected chi connectivity index (χ0v) is 13.1. The van der Waals surface area contributed by atoms with Crippen molar-refractivity contribution in [3.8, 4) is 0 Å². The summed E-state index contributed by atoms with van der Waals surface area (Å²) in [4.78, 5) is 23.9. The molecule has 0 spiro atoms. The molecule has 0 bridgehead atoms. The van der Waals surface area contributed by atoms with Gasteiger partial charge in [-0.15, -0.1) is 0 Å². The average Bonchev–Trinajstić information content (AvgIpc) is 2.40. The highest BCUT2D eigenvalue weighted by atomic mass is 16.5. The number of benzene rings is 1. The molecule has 1 atom stereocenters. The summed E-state index contributed by atoms with van der Waals surface area (Å²) in [5.41, 5.74) is 7.30. The molecule has 0 saturated carbocycles. The van der Waals surface area contributed by atoms with Crippen LogP contribution in [0.1, 0.15) is 43.1 Å². The molecule has 5 nitrogen and oxygen atoms in total. The molecule has 0 saturated heterocycles. The van der Waals surface area contributed by atoms with E-state index in [-0.39, 0.29) is 5.91 Å². The molecular weight excluding hydrogens is 268 g/mol. The van der Waals surface area contributed by atoms with Gasteiger partial charge in [0.25, 0.3) is 5.91 Å². The van der Waals surface area contributed by atoms with E-state index < -0.39 is 12.1 Å². The zero-order valence-electron chi connectivity index (χ0n) is 13.1. The molecule has 3 N–H and O–H groups in total. The van der Waals surface area contributed by atoms with Crippen LogP contribution in [0.15, 0.2) is 18.2 Å². The Morgan fingerprint density at radius 2 is 1.95 bits per heavy atom. The van der Waals surface area contributed by atoms with Crippen molar-refractivity contribution in [2.24, 2.45) is 5.92 Å². The van der Waals surface area contributed by atoms with E-state index in [1.54, 1.807) is 32.0 Å². The Kier molecular flexibility index (Phi) is 6.21. The molecular formula is C16H24N2O3. The first-order valence-electron chi connectivity index (χ1n) is 7.16. The van der Waals surface area contributed by atoms with Gasteiger partial charge in [-0.2, -0.15) is 0 Å². The lowest BCUT2D eigenvalue weighted by Gasteiger charge is -2.15. The second-order valence-corrected chi connectivity index (χ2v) is 5.60. The molecule has 116 valence electrons. The fraction of sp³-hybridized carbons (Fsp3) is 0.500. The molecule has 1 unspecified atom stereocenters. The number of nitrogen functional groups attached to an aromatic ring is 1. The van der Waals surface area contributed by atoms with Gasteiger partial charge in [0.15, 0.2) is 6.10 Å². The topological polar surface area (TPSA) is 81.4 Å².